The maximum atomic E-state index is 13.5. The number of nitrogens with one attached hydrogen (secondary N) is 2. The van der Waals surface area contributed by atoms with Gasteiger partial charge in [0.25, 0.3) is 10.0 Å². The lowest BCUT2D eigenvalue weighted by Gasteiger charge is -2.35. The zero-order chi connectivity index (χ0) is 28.6. The van der Waals surface area contributed by atoms with Crippen LogP contribution in [0, 0.1) is 0 Å². The predicted molar refractivity (Wildman–Crippen MR) is 123 cm³/mol. The summed E-state index contributed by atoms with van der Waals surface area (Å²) >= 11 is 5.83. The summed E-state index contributed by atoms with van der Waals surface area (Å²) in [6.07, 6.45) is -6.77. The van der Waals surface area contributed by atoms with E-state index in [-0.39, 0.29) is 28.4 Å². The summed E-state index contributed by atoms with van der Waals surface area (Å²) in [4.78, 5) is 22.7. The molecule has 1 aliphatic rings. The number of ether oxygens (including phenoxy) is 2. The summed E-state index contributed by atoms with van der Waals surface area (Å²) in [6.45, 7) is -1.27. The van der Waals surface area contributed by atoms with Gasteiger partial charge in [0.05, 0.1) is 25.0 Å². The molecule has 1 unspecified atom stereocenters. The summed E-state index contributed by atoms with van der Waals surface area (Å²) in [5.41, 5.74) is -3.22. The number of aromatic nitrogens is 2. The van der Waals surface area contributed by atoms with Gasteiger partial charge < -0.3 is 14.8 Å². The van der Waals surface area contributed by atoms with Crippen LogP contribution in [0.25, 0.3) is 0 Å². The number of halogens is 6. The summed E-state index contributed by atoms with van der Waals surface area (Å²) in [7, 11) is -4.68. The van der Waals surface area contributed by atoms with Crippen molar-refractivity contribution in [1.82, 2.24) is 15.1 Å². The number of hydrogen-bond acceptors (Lipinski definition) is 7. The summed E-state index contributed by atoms with van der Waals surface area (Å²) in [5.74, 6) is -0.503. The third-order valence-electron chi connectivity index (χ3n) is 5.17. The van der Waals surface area contributed by atoms with E-state index in [1.54, 1.807) is 0 Å². The molecule has 0 spiro atoms. The Morgan fingerprint density at radius 2 is 1.95 bits per heavy atom. The molecule has 0 fully saturated rings. The molecule has 1 atom stereocenters. The van der Waals surface area contributed by atoms with Crippen molar-refractivity contribution in [2.45, 2.75) is 50.1 Å². The van der Waals surface area contributed by atoms with E-state index in [0.717, 1.165) is 10.4 Å². The second-order valence-corrected chi connectivity index (χ2v) is 10.6. The zero-order valence-corrected chi connectivity index (χ0v) is 21.4. The molecule has 0 saturated heterocycles. The van der Waals surface area contributed by atoms with Crippen LogP contribution >= 0.6 is 11.6 Å². The fourth-order valence-corrected chi connectivity index (χ4v) is 5.08. The number of rotatable bonds is 7. The molecule has 2 aromatic rings. The van der Waals surface area contributed by atoms with Gasteiger partial charge in [-0.2, -0.15) is 27.1 Å². The molecular weight excluding hydrogens is 569 g/mol. The highest BCUT2D eigenvalue weighted by molar-refractivity contribution is 7.93. The number of carbonyl (C=O) groups is 2. The lowest BCUT2D eigenvalue weighted by molar-refractivity contribution is -0.242. The second kappa shape index (κ2) is 10.4. The average molecular weight is 590 g/mol. The minimum Gasteiger partial charge on any atom is -0.484 e. The van der Waals surface area contributed by atoms with Crippen LogP contribution in [0.3, 0.4) is 0 Å². The Balaban J connectivity index is 1.99. The van der Waals surface area contributed by atoms with Gasteiger partial charge in [-0.1, -0.05) is 11.6 Å². The number of hydrogen-bond donors (Lipinski definition) is 2. The van der Waals surface area contributed by atoms with Gasteiger partial charge in [-0.15, -0.1) is 0 Å². The number of nitrogens with zero attached hydrogens (tertiary/aromatic N) is 3. The number of anilines is 2. The van der Waals surface area contributed by atoms with Crippen LogP contribution in [-0.2, 0) is 19.6 Å². The third-order valence-corrected chi connectivity index (χ3v) is 7.34. The standard InChI is InChI=1S/C20H21ClF5N5O6S/c1-10(32)27-7-12-8-31(38(34,35)15-9-30(17(22)23)29-16(15)21)13-6-11(4-5-14(13)36-12)28-18(33)37-19(2,3)20(24,25)26/h4-6,9,12,17H,7-8H2,1-3H3,(H,27,32)(H,28,33). The van der Waals surface area contributed by atoms with E-state index in [4.69, 9.17) is 16.3 Å². The first-order chi connectivity index (χ1) is 17.4. The normalized spacial score (nSPS) is 16.1. The van der Waals surface area contributed by atoms with Crippen molar-refractivity contribution in [2.24, 2.45) is 0 Å². The Hall–Kier alpha value is -3.34. The van der Waals surface area contributed by atoms with E-state index in [0.29, 0.717) is 20.0 Å². The maximum absolute atomic E-state index is 13.5. The summed E-state index contributed by atoms with van der Waals surface area (Å²) in [6, 6.07) is 3.48. The molecule has 210 valence electrons. The molecule has 2 amide bonds. The summed E-state index contributed by atoms with van der Waals surface area (Å²) < 4.78 is 103. The van der Waals surface area contributed by atoms with Crippen molar-refractivity contribution in [1.29, 1.82) is 0 Å². The van der Waals surface area contributed by atoms with Gasteiger partial charge in [0, 0.05) is 12.6 Å². The fourth-order valence-electron chi connectivity index (χ4n) is 3.16. The number of fused-ring (bicyclic) bond motifs is 1. The van der Waals surface area contributed by atoms with Crippen molar-refractivity contribution in [3.8, 4) is 5.75 Å². The first kappa shape index (κ1) is 29.2. The fraction of sp³-hybridized carbons (Fsp3) is 0.450. The molecule has 0 aliphatic carbocycles. The molecule has 0 bridgehead atoms. The molecular formula is C20H21ClF5N5O6S. The molecule has 18 heteroatoms. The monoisotopic (exact) mass is 589 g/mol. The maximum Gasteiger partial charge on any atom is 0.427 e. The Morgan fingerprint density at radius 3 is 2.50 bits per heavy atom. The number of sulfonamides is 1. The zero-order valence-electron chi connectivity index (χ0n) is 19.8. The van der Waals surface area contributed by atoms with E-state index in [1.807, 2.05) is 0 Å². The molecule has 1 aromatic heterocycles. The molecule has 1 aliphatic heterocycles. The first-order valence-electron chi connectivity index (χ1n) is 10.6. The van der Waals surface area contributed by atoms with E-state index >= 15 is 0 Å². The van der Waals surface area contributed by atoms with E-state index in [2.05, 4.69) is 20.5 Å². The topological polar surface area (TPSA) is 132 Å². The third kappa shape index (κ3) is 6.20. The molecule has 1 aromatic carbocycles. The molecule has 3 rings (SSSR count). The van der Waals surface area contributed by atoms with Gasteiger partial charge in [-0.25, -0.2) is 17.9 Å². The number of alkyl halides is 5. The van der Waals surface area contributed by atoms with Crippen LogP contribution in [0.5, 0.6) is 5.75 Å². The van der Waals surface area contributed by atoms with Crippen LogP contribution in [-0.4, -0.2) is 61.2 Å². The summed E-state index contributed by atoms with van der Waals surface area (Å²) in [5, 5.41) is 7.09. The van der Waals surface area contributed by atoms with Crippen molar-refractivity contribution < 1.29 is 49.4 Å². The number of amides is 2. The van der Waals surface area contributed by atoms with Crippen LogP contribution in [0.2, 0.25) is 5.15 Å². The van der Waals surface area contributed by atoms with Gasteiger partial charge in [0.2, 0.25) is 11.5 Å². The van der Waals surface area contributed by atoms with Crippen LogP contribution in [0.4, 0.5) is 38.1 Å². The van der Waals surface area contributed by atoms with Crippen molar-refractivity contribution in [3.63, 3.8) is 0 Å². The largest absolute Gasteiger partial charge is 0.484 e. The predicted octanol–water partition coefficient (Wildman–Crippen LogP) is 3.91. The van der Waals surface area contributed by atoms with Crippen molar-refractivity contribution in [3.05, 3.63) is 29.5 Å². The van der Waals surface area contributed by atoms with Crippen molar-refractivity contribution in [2.75, 3.05) is 22.7 Å². The molecule has 2 heterocycles. The van der Waals surface area contributed by atoms with Gasteiger partial charge in [0.15, 0.2) is 5.15 Å². The average Bonchev–Trinajstić information content (AvgIpc) is 3.18. The Morgan fingerprint density at radius 1 is 1.29 bits per heavy atom. The van der Waals surface area contributed by atoms with Gasteiger partial charge in [-0.3, -0.25) is 14.4 Å². The van der Waals surface area contributed by atoms with Crippen LogP contribution in [0.1, 0.15) is 27.3 Å². The lowest BCUT2D eigenvalue weighted by atomic mass is 10.1. The first-order valence-corrected chi connectivity index (χ1v) is 12.4. The highest BCUT2D eigenvalue weighted by Gasteiger charge is 2.51. The van der Waals surface area contributed by atoms with Gasteiger partial charge >= 0.3 is 18.8 Å². The molecule has 38 heavy (non-hydrogen) atoms. The van der Waals surface area contributed by atoms with E-state index in [1.165, 1.54) is 19.1 Å². The minimum absolute atomic E-state index is 0.0434. The number of benzene rings is 1. The Bertz CT molecular complexity index is 1330. The minimum atomic E-state index is -4.87. The number of carbonyl (C=O) groups excluding carboxylic acids is 2. The highest BCUT2D eigenvalue weighted by Crippen LogP contribution is 2.40. The van der Waals surface area contributed by atoms with E-state index < -0.39 is 63.0 Å². The van der Waals surface area contributed by atoms with Gasteiger partial charge in [0.1, 0.15) is 16.7 Å². The smallest absolute Gasteiger partial charge is 0.427 e. The highest BCUT2D eigenvalue weighted by atomic mass is 35.5. The molecule has 0 radical (unpaired) electrons. The second-order valence-electron chi connectivity index (χ2n) is 8.46. The molecule has 0 saturated carbocycles. The van der Waals surface area contributed by atoms with Crippen LogP contribution < -0.4 is 19.7 Å². The molecule has 11 nitrogen and oxygen atoms in total. The van der Waals surface area contributed by atoms with Gasteiger partial charge in [-0.05, 0) is 32.0 Å². The lowest BCUT2D eigenvalue weighted by Crippen LogP contribution is -2.48. The Kier molecular flexibility index (Phi) is 8.02. The SMILES string of the molecule is CC(=O)NCC1CN(S(=O)(=O)c2cn(C(F)F)nc2Cl)c2cc(NC(=O)OC(C)(C)C(F)(F)F)ccc2O1. The van der Waals surface area contributed by atoms with Crippen LogP contribution in [0.15, 0.2) is 29.3 Å². The molecule has 2 N–H and O–H groups in total. The van der Waals surface area contributed by atoms with E-state index in [9.17, 15) is 40.0 Å². The Labute approximate surface area is 217 Å². The van der Waals surface area contributed by atoms with Crippen molar-refractivity contribution >= 4 is 45.0 Å². The quantitative estimate of drug-likeness (QED) is 0.468.